The fourth-order valence-corrected chi connectivity index (χ4v) is 1.76. The summed E-state index contributed by atoms with van der Waals surface area (Å²) in [6.07, 6.45) is 0. The third-order valence-electron chi connectivity index (χ3n) is 2.65. The van der Waals surface area contributed by atoms with Crippen LogP contribution in [0.1, 0.15) is 17.3 Å². The summed E-state index contributed by atoms with van der Waals surface area (Å²) in [6, 6.07) is 5.56. The van der Waals surface area contributed by atoms with Gasteiger partial charge in [0.05, 0.1) is 12.2 Å². The Morgan fingerprint density at radius 3 is 3.12 bits per heavy atom. The number of benzene rings is 1. The van der Waals surface area contributed by atoms with E-state index in [9.17, 15) is 4.79 Å². The number of likely N-dealkylation sites (N-methyl/N-ethyl adjacent to an activating group) is 1. The Kier molecular flexibility index (Phi) is 2.99. The van der Waals surface area contributed by atoms with Crippen molar-refractivity contribution in [1.82, 2.24) is 5.32 Å². The lowest BCUT2D eigenvalue weighted by molar-refractivity contribution is 0.0955. The molecule has 4 heteroatoms. The monoisotopic (exact) mass is 220 g/mol. The van der Waals surface area contributed by atoms with Gasteiger partial charge >= 0.3 is 0 Å². The van der Waals surface area contributed by atoms with Gasteiger partial charge in [-0.3, -0.25) is 4.79 Å². The molecule has 0 atom stereocenters. The smallest absolute Gasteiger partial charge is 0.251 e. The van der Waals surface area contributed by atoms with Crippen molar-refractivity contribution in [3.8, 4) is 5.75 Å². The summed E-state index contributed by atoms with van der Waals surface area (Å²) in [5.74, 6) is 0.736. The highest BCUT2D eigenvalue weighted by Gasteiger charge is 2.16. The van der Waals surface area contributed by atoms with Gasteiger partial charge in [-0.15, -0.1) is 0 Å². The van der Waals surface area contributed by atoms with Gasteiger partial charge in [-0.05, 0) is 25.1 Å². The van der Waals surface area contributed by atoms with Crippen LogP contribution in [0.25, 0.3) is 0 Å². The van der Waals surface area contributed by atoms with Crippen LogP contribution in [-0.4, -0.2) is 32.7 Å². The lowest BCUT2D eigenvalue weighted by atomic mass is 10.1. The van der Waals surface area contributed by atoms with Gasteiger partial charge in [-0.1, -0.05) is 0 Å². The number of carbonyl (C=O) groups is 1. The summed E-state index contributed by atoms with van der Waals surface area (Å²) in [6.45, 7) is 4.09. The molecule has 0 fully saturated rings. The van der Waals surface area contributed by atoms with Crippen molar-refractivity contribution >= 4 is 11.6 Å². The van der Waals surface area contributed by atoms with Crippen molar-refractivity contribution in [2.45, 2.75) is 6.92 Å². The third kappa shape index (κ3) is 1.96. The first-order valence-corrected chi connectivity index (χ1v) is 5.48. The number of hydrogen-bond donors (Lipinski definition) is 1. The van der Waals surface area contributed by atoms with E-state index in [1.807, 2.05) is 26.1 Å². The molecule has 1 aromatic carbocycles. The molecule has 1 aliphatic rings. The molecule has 0 aliphatic carbocycles. The lowest BCUT2D eigenvalue weighted by Gasteiger charge is -2.27. The molecule has 0 bridgehead atoms. The second kappa shape index (κ2) is 4.43. The number of nitrogens with one attached hydrogen (secondary N) is 1. The van der Waals surface area contributed by atoms with Crippen molar-refractivity contribution in [1.29, 1.82) is 0 Å². The Labute approximate surface area is 95.2 Å². The second-order valence-corrected chi connectivity index (χ2v) is 3.81. The summed E-state index contributed by atoms with van der Waals surface area (Å²) in [5, 5.41) is 2.77. The van der Waals surface area contributed by atoms with Crippen LogP contribution in [0.4, 0.5) is 5.69 Å². The van der Waals surface area contributed by atoms with Crippen LogP contribution in [0.2, 0.25) is 0 Å². The average molecular weight is 220 g/mol. The molecule has 1 aromatic rings. The summed E-state index contributed by atoms with van der Waals surface area (Å²) in [7, 11) is 2.02. The SMILES string of the molecule is CCNC(=O)c1ccc2c(c1)OCCN2C. The molecule has 1 amide bonds. The summed E-state index contributed by atoms with van der Waals surface area (Å²) in [5.41, 5.74) is 1.69. The first-order chi connectivity index (χ1) is 7.72. The number of fused-ring (bicyclic) bond motifs is 1. The zero-order valence-electron chi connectivity index (χ0n) is 9.62. The van der Waals surface area contributed by atoms with E-state index in [2.05, 4.69) is 10.2 Å². The largest absolute Gasteiger partial charge is 0.490 e. The number of rotatable bonds is 2. The van der Waals surface area contributed by atoms with Crippen LogP contribution in [0, 0.1) is 0 Å². The number of amides is 1. The fraction of sp³-hybridized carbons (Fsp3) is 0.417. The Hall–Kier alpha value is -1.71. The Morgan fingerprint density at radius 2 is 2.38 bits per heavy atom. The van der Waals surface area contributed by atoms with Gasteiger partial charge in [0.25, 0.3) is 5.91 Å². The predicted molar refractivity (Wildman–Crippen MR) is 63.2 cm³/mol. The van der Waals surface area contributed by atoms with E-state index in [0.29, 0.717) is 18.7 Å². The van der Waals surface area contributed by atoms with Crippen LogP contribution in [-0.2, 0) is 0 Å². The molecule has 4 nitrogen and oxygen atoms in total. The molecule has 0 unspecified atom stereocenters. The van der Waals surface area contributed by atoms with Crippen LogP contribution < -0.4 is 15.0 Å². The van der Waals surface area contributed by atoms with E-state index in [-0.39, 0.29) is 5.91 Å². The predicted octanol–water partition coefficient (Wildman–Crippen LogP) is 1.26. The van der Waals surface area contributed by atoms with Crippen LogP contribution in [0.3, 0.4) is 0 Å². The molecule has 0 aromatic heterocycles. The van der Waals surface area contributed by atoms with E-state index in [0.717, 1.165) is 18.0 Å². The van der Waals surface area contributed by atoms with Crippen molar-refractivity contribution in [2.24, 2.45) is 0 Å². The minimum absolute atomic E-state index is 0.0536. The van der Waals surface area contributed by atoms with Gasteiger partial charge in [0.15, 0.2) is 0 Å². The fourth-order valence-electron chi connectivity index (χ4n) is 1.76. The zero-order valence-corrected chi connectivity index (χ0v) is 9.62. The summed E-state index contributed by atoms with van der Waals surface area (Å²) < 4.78 is 5.54. The molecule has 0 spiro atoms. The maximum Gasteiger partial charge on any atom is 0.251 e. The number of hydrogen-bond acceptors (Lipinski definition) is 3. The molecule has 2 rings (SSSR count). The Morgan fingerprint density at radius 1 is 1.56 bits per heavy atom. The summed E-state index contributed by atoms with van der Waals surface area (Å²) >= 11 is 0. The first-order valence-electron chi connectivity index (χ1n) is 5.48. The maximum absolute atomic E-state index is 11.6. The van der Waals surface area contributed by atoms with E-state index < -0.39 is 0 Å². The standard InChI is InChI=1S/C12H16N2O2/c1-3-13-12(15)9-4-5-10-11(8-9)16-7-6-14(10)2/h4-5,8H,3,6-7H2,1-2H3,(H,13,15). The van der Waals surface area contributed by atoms with Crippen molar-refractivity contribution in [3.63, 3.8) is 0 Å². The number of nitrogens with zero attached hydrogens (tertiary/aromatic N) is 1. The van der Waals surface area contributed by atoms with E-state index >= 15 is 0 Å². The molecule has 1 heterocycles. The highest BCUT2D eigenvalue weighted by atomic mass is 16.5. The van der Waals surface area contributed by atoms with E-state index in [4.69, 9.17) is 4.74 Å². The van der Waals surface area contributed by atoms with Crippen LogP contribution in [0.15, 0.2) is 18.2 Å². The summed E-state index contributed by atoms with van der Waals surface area (Å²) in [4.78, 5) is 13.8. The van der Waals surface area contributed by atoms with Crippen molar-refractivity contribution < 1.29 is 9.53 Å². The van der Waals surface area contributed by atoms with Gasteiger partial charge in [0.2, 0.25) is 0 Å². The van der Waals surface area contributed by atoms with Crippen LogP contribution in [0.5, 0.6) is 5.75 Å². The molecule has 16 heavy (non-hydrogen) atoms. The van der Waals surface area contributed by atoms with Gasteiger partial charge in [0.1, 0.15) is 12.4 Å². The minimum atomic E-state index is -0.0536. The highest BCUT2D eigenvalue weighted by molar-refractivity contribution is 5.95. The molecular formula is C12H16N2O2. The lowest BCUT2D eigenvalue weighted by Crippen LogP contribution is -2.29. The van der Waals surface area contributed by atoms with Gasteiger partial charge < -0.3 is 15.0 Å². The van der Waals surface area contributed by atoms with Crippen LogP contribution >= 0.6 is 0 Å². The van der Waals surface area contributed by atoms with Crippen molar-refractivity contribution in [3.05, 3.63) is 23.8 Å². The zero-order chi connectivity index (χ0) is 11.5. The molecule has 0 saturated heterocycles. The molecule has 1 aliphatic heterocycles. The topological polar surface area (TPSA) is 41.6 Å². The molecule has 0 radical (unpaired) electrons. The molecule has 86 valence electrons. The normalized spacial score (nSPS) is 14.0. The Bertz CT molecular complexity index is 404. The van der Waals surface area contributed by atoms with Gasteiger partial charge in [-0.25, -0.2) is 0 Å². The number of ether oxygens (including phenoxy) is 1. The number of carbonyl (C=O) groups excluding carboxylic acids is 1. The molecule has 1 N–H and O–H groups in total. The van der Waals surface area contributed by atoms with E-state index in [1.165, 1.54) is 0 Å². The van der Waals surface area contributed by atoms with Crippen molar-refractivity contribution in [2.75, 3.05) is 31.6 Å². The first kappa shape index (κ1) is 10.8. The highest BCUT2D eigenvalue weighted by Crippen LogP contribution is 2.31. The molecular weight excluding hydrogens is 204 g/mol. The number of anilines is 1. The minimum Gasteiger partial charge on any atom is -0.490 e. The molecule has 0 saturated carbocycles. The second-order valence-electron chi connectivity index (χ2n) is 3.81. The third-order valence-corrected chi connectivity index (χ3v) is 2.65. The average Bonchev–Trinajstić information content (AvgIpc) is 2.29. The maximum atomic E-state index is 11.6. The van der Waals surface area contributed by atoms with Gasteiger partial charge in [-0.2, -0.15) is 0 Å². The Balaban J connectivity index is 2.28. The van der Waals surface area contributed by atoms with Gasteiger partial charge in [0, 0.05) is 19.2 Å². The quantitative estimate of drug-likeness (QED) is 0.816. The van der Waals surface area contributed by atoms with E-state index in [1.54, 1.807) is 6.07 Å².